The second-order valence-electron chi connectivity index (χ2n) is 9.73. The van der Waals surface area contributed by atoms with E-state index < -0.39 is 32.5 Å². The summed E-state index contributed by atoms with van der Waals surface area (Å²) in [6.45, 7) is 3.56. The van der Waals surface area contributed by atoms with E-state index in [0.717, 1.165) is 57.8 Å². The van der Waals surface area contributed by atoms with Gasteiger partial charge in [-0.05, 0) is 32.1 Å². The Kier molecular flexibility index (Phi) is 24.3. The lowest BCUT2D eigenvalue weighted by atomic mass is 10.1. The Labute approximate surface area is 225 Å². The number of phosphoric acid groups is 1. The van der Waals surface area contributed by atoms with Gasteiger partial charge in [-0.3, -0.25) is 14.1 Å². The predicted molar refractivity (Wildman–Crippen MR) is 147 cm³/mol. The van der Waals surface area contributed by atoms with Gasteiger partial charge in [0, 0.05) is 12.8 Å². The molecule has 0 aromatic heterocycles. The third-order valence-electron chi connectivity index (χ3n) is 6.03. The van der Waals surface area contributed by atoms with E-state index in [-0.39, 0.29) is 19.4 Å². The van der Waals surface area contributed by atoms with Gasteiger partial charge < -0.3 is 19.3 Å². The van der Waals surface area contributed by atoms with Crippen molar-refractivity contribution in [2.45, 2.75) is 142 Å². The number of hydrogen-bond donors (Lipinski definition) is 2. The fourth-order valence-corrected chi connectivity index (χ4v) is 4.18. The van der Waals surface area contributed by atoms with Crippen LogP contribution in [0.1, 0.15) is 136 Å². The summed E-state index contributed by atoms with van der Waals surface area (Å²) in [4.78, 5) is 42.2. The van der Waals surface area contributed by atoms with E-state index in [1.54, 1.807) is 0 Å². The number of ether oxygens (including phenoxy) is 2. The Morgan fingerprint density at radius 1 is 0.676 bits per heavy atom. The van der Waals surface area contributed by atoms with Gasteiger partial charge in [0.2, 0.25) is 0 Å². The molecule has 2 N–H and O–H groups in total. The van der Waals surface area contributed by atoms with Gasteiger partial charge in [0.05, 0.1) is 6.61 Å². The molecule has 0 radical (unpaired) electrons. The minimum absolute atomic E-state index is 0.204. The molecule has 1 atom stereocenters. The van der Waals surface area contributed by atoms with Crippen LogP contribution in [0.3, 0.4) is 0 Å². The summed E-state index contributed by atoms with van der Waals surface area (Å²) in [5.74, 6) is -0.902. The first kappa shape index (κ1) is 35.8. The highest BCUT2D eigenvalue weighted by molar-refractivity contribution is 7.46. The largest absolute Gasteiger partial charge is 0.469 e. The van der Waals surface area contributed by atoms with E-state index in [9.17, 15) is 14.2 Å². The molecule has 0 aromatic rings. The monoisotopic (exact) mass is 548 g/mol. The second-order valence-corrected chi connectivity index (χ2v) is 11.0. The molecular weight excluding hydrogens is 495 g/mol. The van der Waals surface area contributed by atoms with E-state index in [4.69, 9.17) is 19.3 Å². The highest BCUT2D eigenvalue weighted by Gasteiger charge is 2.22. The summed E-state index contributed by atoms with van der Waals surface area (Å²) in [7, 11) is -4.73. The van der Waals surface area contributed by atoms with Crippen molar-refractivity contribution >= 4 is 19.8 Å². The molecule has 218 valence electrons. The number of phosphoric ester groups is 1. The van der Waals surface area contributed by atoms with Gasteiger partial charge in [-0.1, -0.05) is 103 Å². The number of esters is 2. The fourth-order valence-electron chi connectivity index (χ4n) is 3.82. The van der Waals surface area contributed by atoms with Gasteiger partial charge in [0.15, 0.2) is 6.10 Å². The van der Waals surface area contributed by atoms with E-state index in [2.05, 4.69) is 30.5 Å². The highest BCUT2D eigenvalue weighted by atomic mass is 31.2. The molecule has 0 fully saturated rings. The summed E-state index contributed by atoms with van der Waals surface area (Å²) in [6, 6.07) is 0. The van der Waals surface area contributed by atoms with Crippen LogP contribution in [0.25, 0.3) is 0 Å². The lowest BCUT2D eigenvalue weighted by Crippen LogP contribution is -2.29. The van der Waals surface area contributed by atoms with Crippen molar-refractivity contribution in [1.82, 2.24) is 0 Å². The first-order valence-electron chi connectivity index (χ1n) is 14.5. The normalized spacial score (nSPS) is 12.6. The van der Waals surface area contributed by atoms with Gasteiger partial charge in [0.1, 0.15) is 6.61 Å². The highest BCUT2D eigenvalue weighted by Crippen LogP contribution is 2.35. The summed E-state index contributed by atoms with van der Waals surface area (Å²) >= 11 is 0. The number of hydrogen-bond acceptors (Lipinski definition) is 6. The number of unbranched alkanes of at least 4 members (excludes halogenated alkanes) is 14. The average molecular weight is 549 g/mol. The fraction of sp³-hybridized carbons (Fsp3) is 0.857. The minimum Gasteiger partial charge on any atom is -0.462 e. The maximum atomic E-state index is 12.2. The van der Waals surface area contributed by atoms with Gasteiger partial charge in [-0.2, -0.15) is 0 Å². The van der Waals surface area contributed by atoms with E-state index in [1.807, 2.05) is 0 Å². The Balaban J connectivity index is 4.10. The van der Waals surface area contributed by atoms with Crippen LogP contribution in [0, 0.1) is 0 Å². The zero-order chi connectivity index (χ0) is 27.6. The number of carbonyl (C=O) groups excluding carboxylic acids is 2. The van der Waals surface area contributed by atoms with Gasteiger partial charge in [-0.15, -0.1) is 0 Å². The third kappa shape index (κ3) is 27.6. The van der Waals surface area contributed by atoms with Gasteiger partial charge in [-0.25, -0.2) is 4.57 Å². The molecule has 0 heterocycles. The lowest BCUT2D eigenvalue weighted by molar-refractivity contribution is -0.161. The predicted octanol–water partition coefficient (Wildman–Crippen LogP) is 7.56. The van der Waals surface area contributed by atoms with Gasteiger partial charge in [0.25, 0.3) is 0 Å². The number of carbonyl (C=O) groups is 2. The van der Waals surface area contributed by atoms with Crippen LogP contribution in [-0.4, -0.2) is 41.0 Å². The third-order valence-corrected chi connectivity index (χ3v) is 6.52. The van der Waals surface area contributed by atoms with Crippen LogP contribution < -0.4 is 0 Å². The first-order chi connectivity index (χ1) is 17.8. The Morgan fingerprint density at radius 3 is 1.73 bits per heavy atom. The van der Waals surface area contributed by atoms with Crippen molar-refractivity contribution in [2.75, 3.05) is 13.2 Å². The minimum atomic E-state index is -4.73. The molecule has 0 spiro atoms. The molecule has 0 saturated carbocycles. The van der Waals surface area contributed by atoms with Crippen LogP contribution >= 0.6 is 7.82 Å². The molecular formula is C28H53O8P. The lowest BCUT2D eigenvalue weighted by Gasteiger charge is -2.18. The molecule has 0 rings (SSSR count). The summed E-state index contributed by atoms with van der Waals surface area (Å²) in [6.07, 6.45) is 22.4. The molecule has 0 aliphatic rings. The van der Waals surface area contributed by atoms with E-state index >= 15 is 0 Å². The molecule has 0 aliphatic carbocycles. The summed E-state index contributed by atoms with van der Waals surface area (Å²) < 4.78 is 26.0. The van der Waals surface area contributed by atoms with Gasteiger partial charge >= 0.3 is 19.8 Å². The molecule has 0 aromatic carbocycles. The van der Waals surface area contributed by atoms with Crippen LogP contribution in [0.5, 0.6) is 0 Å². The van der Waals surface area contributed by atoms with Crippen LogP contribution in [-0.2, 0) is 28.2 Å². The summed E-state index contributed by atoms with van der Waals surface area (Å²) in [5, 5.41) is 0. The van der Waals surface area contributed by atoms with Crippen molar-refractivity contribution < 1.29 is 37.9 Å². The maximum Gasteiger partial charge on any atom is 0.469 e. The molecule has 0 bridgehead atoms. The molecule has 37 heavy (non-hydrogen) atoms. The topological polar surface area (TPSA) is 119 Å². The number of allylic oxidation sites excluding steroid dienone is 2. The smallest absolute Gasteiger partial charge is 0.462 e. The molecule has 0 aliphatic heterocycles. The second kappa shape index (κ2) is 25.1. The van der Waals surface area contributed by atoms with E-state index in [0.29, 0.717) is 6.42 Å². The van der Waals surface area contributed by atoms with Crippen LogP contribution in [0.4, 0.5) is 0 Å². The Hall–Kier alpha value is -1.21. The van der Waals surface area contributed by atoms with Crippen molar-refractivity contribution in [3.63, 3.8) is 0 Å². The molecule has 0 amide bonds. The average Bonchev–Trinajstić information content (AvgIpc) is 2.85. The molecule has 8 nitrogen and oxygen atoms in total. The van der Waals surface area contributed by atoms with Crippen molar-refractivity contribution in [3.8, 4) is 0 Å². The molecule has 0 saturated heterocycles. The van der Waals surface area contributed by atoms with Crippen LogP contribution in [0.15, 0.2) is 12.2 Å². The van der Waals surface area contributed by atoms with E-state index in [1.165, 1.54) is 44.9 Å². The Bertz CT molecular complexity index is 632. The molecule has 1 unspecified atom stereocenters. The maximum absolute atomic E-state index is 12.2. The van der Waals surface area contributed by atoms with Crippen LogP contribution in [0.2, 0.25) is 0 Å². The van der Waals surface area contributed by atoms with Crippen molar-refractivity contribution in [2.24, 2.45) is 0 Å². The summed E-state index contributed by atoms with van der Waals surface area (Å²) in [5.41, 5.74) is 0. The SMILES string of the molecule is CCCC/C=C\CCCCCCCC(=O)OC(COC(=O)CCCCCCCCCC)COP(=O)(O)O. The quantitative estimate of drug-likeness (QED) is 0.0492. The zero-order valence-electron chi connectivity index (χ0n) is 23.4. The van der Waals surface area contributed by atoms with Crippen molar-refractivity contribution in [3.05, 3.63) is 12.2 Å². The Morgan fingerprint density at radius 2 is 1.16 bits per heavy atom. The van der Waals surface area contributed by atoms with Crippen molar-refractivity contribution in [1.29, 1.82) is 0 Å². The molecule has 9 heteroatoms. The first-order valence-corrected chi connectivity index (χ1v) is 16.0. The standard InChI is InChI=1S/C28H53O8P/c1-3-5-7-9-11-13-14-15-17-19-21-23-28(30)36-26(25-35-37(31,32)33)24-34-27(29)22-20-18-16-12-10-8-6-4-2/h9,11,26H,3-8,10,12-25H2,1-2H3,(H2,31,32,33)/b11-9-. The zero-order valence-corrected chi connectivity index (χ0v) is 24.3. The number of rotatable bonds is 26.